The Labute approximate surface area is 182 Å². The number of nitrogens with one attached hydrogen (secondary N) is 1. The van der Waals surface area contributed by atoms with E-state index in [-0.39, 0.29) is 5.41 Å². The minimum Gasteiger partial charge on any atom is -0.457 e. The van der Waals surface area contributed by atoms with Gasteiger partial charge >= 0.3 is 0 Å². The molecule has 3 heterocycles. The fraction of sp³-hybridized carbons (Fsp3) is 0.231. The minimum atomic E-state index is -0.399. The molecule has 0 fully saturated rings. The van der Waals surface area contributed by atoms with Crippen LogP contribution in [0, 0.1) is 5.41 Å². The first-order valence-electron chi connectivity index (χ1n) is 10.5. The van der Waals surface area contributed by atoms with Crippen LogP contribution in [0.5, 0.6) is 11.5 Å². The van der Waals surface area contributed by atoms with Crippen LogP contribution in [0.3, 0.4) is 0 Å². The molecule has 0 radical (unpaired) electrons. The SMILES string of the molecule is CC(C)(C)C=Cc1ccc2c(c1)C1(C=C(N)NC1)c1cc(-c3cncnc3)ccc1O2. The van der Waals surface area contributed by atoms with Gasteiger partial charge in [0.25, 0.3) is 0 Å². The van der Waals surface area contributed by atoms with Crippen LogP contribution in [0.25, 0.3) is 17.2 Å². The summed E-state index contributed by atoms with van der Waals surface area (Å²) in [6, 6.07) is 12.6. The van der Waals surface area contributed by atoms with Gasteiger partial charge < -0.3 is 15.8 Å². The molecule has 2 aromatic carbocycles. The Kier molecular flexibility index (Phi) is 4.36. The zero-order valence-corrected chi connectivity index (χ0v) is 18.0. The average Bonchev–Trinajstić information content (AvgIpc) is 3.15. The number of hydrogen-bond donors (Lipinski definition) is 2. The van der Waals surface area contributed by atoms with Gasteiger partial charge in [0.15, 0.2) is 0 Å². The van der Waals surface area contributed by atoms with Gasteiger partial charge in [0.2, 0.25) is 0 Å². The van der Waals surface area contributed by atoms with E-state index in [0.29, 0.717) is 12.4 Å². The highest BCUT2D eigenvalue weighted by Gasteiger charge is 2.44. The van der Waals surface area contributed by atoms with Crippen molar-refractivity contribution in [3.05, 3.63) is 89.8 Å². The molecular weight excluding hydrogens is 384 g/mol. The molecule has 1 unspecified atom stereocenters. The van der Waals surface area contributed by atoms with Crippen molar-refractivity contribution in [3.63, 3.8) is 0 Å². The van der Waals surface area contributed by atoms with Crippen LogP contribution in [-0.4, -0.2) is 16.5 Å². The summed E-state index contributed by atoms with van der Waals surface area (Å²) < 4.78 is 6.34. The van der Waals surface area contributed by atoms with E-state index in [4.69, 9.17) is 10.5 Å². The second-order valence-electron chi connectivity index (χ2n) is 9.32. The number of ether oxygens (including phenoxy) is 1. The minimum absolute atomic E-state index is 0.114. The summed E-state index contributed by atoms with van der Waals surface area (Å²) in [6.45, 7) is 7.27. The molecule has 0 amide bonds. The van der Waals surface area contributed by atoms with Crippen molar-refractivity contribution in [2.45, 2.75) is 26.2 Å². The number of rotatable bonds is 2. The van der Waals surface area contributed by atoms with Crippen molar-refractivity contribution in [3.8, 4) is 22.6 Å². The first-order chi connectivity index (χ1) is 14.8. The third kappa shape index (κ3) is 3.46. The van der Waals surface area contributed by atoms with Crippen LogP contribution in [0.1, 0.15) is 37.5 Å². The van der Waals surface area contributed by atoms with E-state index in [0.717, 1.165) is 39.3 Å². The van der Waals surface area contributed by atoms with Crippen molar-refractivity contribution in [1.29, 1.82) is 0 Å². The van der Waals surface area contributed by atoms with Gasteiger partial charge in [-0.05, 0) is 46.9 Å². The van der Waals surface area contributed by atoms with Crippen molar-refractivity contribution in [1.82, 2.24) is 15.3 Å². The van der Waals surface area contributed by atoms with Crippen molar-refractivity contribution in [2.24, 2.45) is 11.1 Å². The molecule has 5 heteroatoms. The Bertz CT molecular complexity index is 1210. The van der Waals surface area contributed by atoms with Gasteiger partial charge in [-0.15, -0.1) is 0 Å². The fourth-order valence-corrected chi connectivity index (χ4v) is 4.25. The second-order valence-corrected chi connectivity index (χ2v) is 9.32. The van der Waals surface area contributed by atoms with Crippen molar-refractivity contribution >= 4 is 6.08 Å². The zero-order chi connectivity index (χ0) is 21.6. The Morgan fingerprint density at radius 1 is 1.00 bits per heavy atom. The maximum Gasteiger partial charge on any atom is 0.131 e. The van der Waals surface area contributed by atoms with Crippen molar-refractivity contribution < 1.29 is 4.74 Å². The lowest BCUT2D eigenvalue weighted by Crippen LogP contribution is -2.34. The molecule has 2 aliphatic rings. The molecule has 0 saturated heterocycles. The quantitative estimate of drug-likeness (QED) is 0.622. The number of nitrogens with two attached hydrogens (primary N) is 1. The van der Waals surface area contributed by atoms with Gasteiger partial charge in [0.05, 0.1) is 11.2 Å². The van der Waals surface area contributed by atoms with E-state index in [9.17, 15) is 0 Å². The number of allylic oxidation sites excluding steroid dienone is 1. The highest BCUT2D eigenvalue weighted by Crippen LogP contribution is 2.51. The highest BCUT2D eigenvalue weighted by molar-refractivity contribution is 5.71. The molecule has 1 atom stereocenters. The maximum atomic E-state index is 6.34. The average molecular weight is 411 g/mol. The molecule has 1 aromatic heterocycles. The van der Waals surface area contributed by atoms with Crippen LogP contribution in [0.4, 0.5) is 0 Å². The Hall–Kier alpha value is -3.60. The molecule has 0 bridgehead atoms. The molecule has 2 aliphatic heterocycles. The van der Waals surface area contributed by atoms with Crippen LogP contribution >= 0.6 is 0 Å². The zero-order valence-electron chi connectivity index (χ0n) is 18.0. The molecule has 31 heavy (non-hydrogen) atoms. The standard InChI is InChI=1S/C26H26N4O/c1-25(2,3)9-8-17-4-6-22-20(10-17)26(12-24(27)30-15-26)21-11-18(5-7-23(21)31-22)19-13-28-16-29-14-19/h4-14,16,30H,15,27H2,1-3H3. The second kappa shape index (κ2) is 6.98. The monoisotopic (exact) mass is 410 g/mol. The molecule has 156 valence electrons. The lowest BCUT2D eigenvalue weighted by atomic mass is 9.72. The smallest absolute Gasteiger partial charge is 0.131 e. The molecule has 0 saturated carbocycles. The van der Waals surface area contributed by atoms with Crippen LogP contribution in [0.15, 0.2) is 73.1 Å². The molecule has 3 N–H and O–H groups in total. The van der Waals surface area contributed by atoms with Gasteiger partial charge in [-0.3, -0.25) is 0 Å². The van der Waals surface area contributed by atoms with E-state index >= 15 is 0 Å². The van der Waals surface area contributed by atoms with E-state index in [2.05, 4.69) is 78.5 Å². The summed E-state index contributed by atoms with van der Waals surface area (Å²) in [7, 11) is 0. The third-order valence-electron chi connectivity index (χ3n) is 5.81. The molecule has 5 nitrogen and oxygen atoms in total. The first-order valence-corrected chi connectivity index (χ1v) is 10.5. The van der Waals surface area contributed by atoms with E-state index in [1.165, 1.54) is 0 Å². The normalized spacial score (nSPS) is 19.5. The van der Waals surface area contributed by atoms with Gasteiger partial charge in [-0.1, -0.05) is 45.1 Å². The lowest BCUT2D eigenvalue weighted by Gasteiger charge is -2.36. The van der Waals surface area contributed by atoms with Crippen LogP contribution in [-0.2, 0) is 5.41 Å². The van der Waals surface area contributed by atoms with Gasteiger partial charge in [-0.25, -0.2) is 9.97 Å². The molecular formula is C26H26N4O. The number of benzene rings is 2. The van der Waals surface area contributed by atoms with Gasteiger partial charge in [0, 0.05) is 35.6 Å². The summed E-state index contributed by atoms with van der Waals surface area (Å²) in [6.07, 6.45) is 11.7. The predicted octanol–water partition coefficient (Wildman–Crippen LogP) is 5.00. The van der Waals surface area contributed by atoms with Gasteiger partial charge in [0.1, 0.15) is 17.8 Å². The summed E-state index contributed by atoms with van der Waals surface area (Å²) >= 11 is 0. The third-order valence-corrected chi connectivity index (χ3v) is 5.81. The Balaban J connectivity index is 1.67. The molecule has 3 aromatic rings. The molecule has 1 spiro atoms. The molecule has 0 aliphatic carbocycles. The lowest BCUT2D eigenvalue weighted by molar-refractivity contribution is 0.424. The van der Waals surface area contributed by atoms with E-state index in [1.54, 1.807) is 6.33 Å². The van der Waals surface area contributed by atoms with E-state index in [1.807, 2.05) is 24.5 Å². The van der Waals surface area contributed by atoms with Crippen molar-refractivity contribution in [2.75, 3.05) is 6.54 Å². The molecule has 5 rings (SSSR count). The van der Waals surface area contributed by atoms with E-state index < -0.39 is 5.41 Å². The summed E-state index contributed by atoms with van der Waals surface area (Å²) in [5.74, 6) is 2.39. The predicted molar refractivity (Wildman–Crippen MR) is 124 cm³/mol. The largest absolute Gasteiger partial charge is 0.457 e. The number of fused-ring (bicyclic) bond motifs is 4. The maximum absolute atomic E-state index is 6.34. The Morgan fingerprint density at radius 3 is 2.39 bits per heavy atom. The summed E-state index contributed by atoms with van der Waals surface area (Å²) in [5, 5.41) is 3.34. The fourth-order valence-electron chi connectivity index (χ4n) is 4.25. The summed E-state index contributed by atoms with van der Waals surface area (Å²) in [4.78, 5) is 8.34. The van der Waals surface area contributed by atoms with Crippen LogP contribution in [0.2, 0.25) is 0 Å². The topological polar surface area (TPSA) is 73.1 Å². The highest BCUT2D eigenvalue weighted by atomic mass is 16.5. The number of nitrogens with zero attached hydrogens (tertiary/aromatic N) is 2. The number of aromatic nitrogens is 2. The number of hydrogen-bond acceptors (Lipinski definition) is 5. The summed E-state index contributed by atoms with van der Waals surface area (Å²) in [5.41, 5.74) is 11.3. The van der Waals surface area contributed by atoms with Gasteiger partial charge in [-0.2, -0.15) is 0 Å². The first kappa shape index (κ1) is 19.4. The Morgan fingerprint density at radius 2 is 1.71 bits per heavy atom. The van der Waals surface area contributed by atoms with Crippen LogP contribution < -0.4 is 15.8 Å².